The predicted molar refractivity (Wildman–Crippen MR) is 77.0 cm³/mol. The third-order valence-corrected chi connectivity index (χ3v) is 2.74. The Labute approximate surface area is 117 Å². The molecular weight excluding hydrogens is 262 g/mol. The number of nitrogens with one attached hydrogen (secondary N) is 2. The van der Waals surface area contributed by atoms with Crippen molar-refractivity contribution in [3.05, 3.63) is 36.0 Å². The van der Waals surface area contributed by atoms with E-state index in [-0.39, 0.29) is 5.41 Å². The quantitative estimate of drug-likeness (QED) is 0.842. The monoisotopic (exact) mass is 279 g/mol. The molecule has 0 fully saturated rings. The average molecular weight is 279 g/mol. The van der Waals surface area contributed by atoms with Crippen LogP contribution in [0.2, 0.25) is 0 Å². The third kappa shape index (κ3) is 3.82. The first-order valence-electron chi connectivity index (χ1n) is 5.99. The Morgan fingerprint density at radius 2 is 2.21 bits per heavy atom. The molecule has 6 heteroatoms. The van der Waals surface area contributed by atoms with E-state index >= 15 is 0 Å². The SMILES string of the molecule is CC(C)(C)c1cc(NC(=S)NCc2ccco2)no1. The van der Waals surface area contributed by atoms with Crippen LogP contribution in [0.3, 0.4) is 0 Å². The van der Waals surface area contributed by atoms with Crippen LogP contribution in [0.25, 0.3) is 0 Å². The number of hydrogen-bond donors (Lipinski definition) is 2. The maximum absolute atomic E-state index is 5.26. The van der Waals surface area contributed by atoms with Crippen LogP contribution in [0.4, 0.5) is 5.82 Å². The van der Waals surface area contributed by atoms with Gasteiger partial charge in [0.1, 0.15) is 11.5 Å². The van der Waals surface area contributed by atoms with Crippen molar-refractivity contribution in [1.82, 2.24) is 10.5 Å². The van der Waals surface area contributed by atoms with Gasteiger partial charge in [0, 0.05) is 11.5 Å². The summed E-state index contributed by atoms with van der Waals surface area (Å²) in [5.74, 6) is 2.23. The van der Waals surface area contributed by atoms with E-state index in [2.05, 4.69) is 36.6 Å². The van der Waals surface area contributed by atoms with Crippen molar-refractivity contribution in [3.63, 3.8) is 0 Å². The molecule has 0 saturated heterocycles. The van der Waals surface area contributed by atoms with Crippen molar-refractivity contribution >= 4 is 23.1 Å². The molecule has 2 N–H and O–H groups in total. The van der Waals surface area contributed by atoms with Crippen LogP contribution in [0.1, 0.15) is 32.3 Å². The third-order valence-electron chi connectivity index (χ3n) is 2.49. The van der Waals surface area contributed by atoms with Crippen LogP contribution in [-0.2, 0) is 12.0 Å². The van der Waals surface area contributed by atoms with Gasteiger partial charge >= 0.3 is 0 Å². The van der Waals surface area contributed by atoms with Gasteiger partial charge in [0.05, 0.1) is 12.8 Å². The molecule has 0 aromatic carbocycles. The molecule has 0 radical (unpaired) electrons. The summed E-state index contributed by atoms with van der Waals surface area (Å²) in [5.41, 5.74) is -0.0733. The Morgan fingerprint density at radius 1 is 1.42 bits per heavy atom. The number of nitrogens with zero attached hydrogens (tertiary/aromatic N) is 1. The maximum Gasteiger partial charge on any atom is 0.175 e. The molecule has 0 bridgehead atoms. The lowest BCUT2D eigenvalue weighted by atomic mass is 9.93. The highest BCUT2D eigenvalue weighted by molar-refractivity contribution is 7.80. The Bertz CT molecular complexity index is 540. The smallest absolute Gasteiger partial charge is 0.175 e. The molecule has 0 amide bonds. The first-order valence-corrected chi connectivity index (χ1v) is 6.40. The Balaban J connectivity index is 1.87. The zero-order chi connectivity index (χ0) is 13.9. The number of rotatable bonds is 3. The van der Waals surface area contributed by atoms with Crippen molar-refractivity contribution in [1.29, 1.82) is 0 Å². The number of anilines is 1. The summed E-state index contributed by atoms with van der Waals surface area (Å²) in [6, 6.07) is 5.56. The number of furan rings is 1. The highest BCUT2D eigenvalue weighted by Crippen LogP contribution is 2.24. The molecule has 0 aliphatic heterocycles. The zero-order valence-electron chi connectivity index (χ0n) is 11.2. The standard InChI is InChI=1S/C13H17N3O2S/c1-13(2,3)10-7-11(16-18-10)15-12(19)14-8-9-5-4-6-17-9/h4-7H,8H2,1-3H3,(H2,14,15,16,19). The molecule has 2 heterocycles. The molecule has 19 heavy (non-hydrogen) atoms. The van der Waals surface area contributed by atoms with E-state index in [4.69, 9.17) is 21.2 Å². The van der Waals surface area contributed by atoms with Gasteiger partial charge in [-0.25, -0.2) is 0 Å². The van der Waals surface area contributed by atoms with Crippen LogP contribution in [-0.4, -0.2) is 10.3 Å². The molecule has 2 aromatic rings. The Kier molecular flexibility index (Phi) is 3.90. The number of hydrogen-bond acceptors (Lipinski definition) is 4. The average Bonchev–Trinajstić information content (AvgIpc) is 2.95. The molecule has 102 valence electrons. The van der Waals surface area contributed by atoms with Crippen molar-refractivity contribution in [2.24, 2.45) is 0 Å². The van der Waals surface area contributed by atoms with Crippen LogP contribution < -0.4 is 10.6 Å². The number of thiocarbonyl (C=S) groups is 1. The molecule has 0 saturated carbocycles. The highest BCUT2D eigenvalue weighted by Gasteiger charge is 2.19. The summed E-state index contributed by atoms with van der Waals surface area (Å²) >= 11 is 5.17. The summed E-state index contributed by atoms with van der Waals surface area (Å²) in [4.78, 5) is 0. The van der Waals surface area contributed by atoms with E-state index in [1.54, 1.807) is 6.26 Å². The summed E-state index contributed by atoms with van der Waals surface area (Å²) in [6.07, 6.45) is 1.63. The molecule has 5 nitrogen and oxygen atoms in total. The topological polar surface area (TPSA) is 63.2 Å². The molecule has 2 rings (SSSR count). The zero-order valence-corrected chi connectivity index (χ0v) is 12.0. The molecule has 2 aromatic heterocycles. The van der Waals surface area contributed by atoms with Crippen LogP contribution in [0.5, 0.6) is 0 Å². The van der Waals surface area contributed by atoms with Gasteiger partial charge in [-0.3, -0.25) is 0 Å². The van der Waals surface area contributed by atoms with Gasteiger partial charge in [-0.2, -0.15) is 0 Å². The largest absolute Gasteiger partial charge is 0.467 e. The minimum absolute atomic E-state index is 0.0733. The van der Waals surface area contributed by atoms with E-state index in [0.717, 1.165) is 11.5 Å². The van der Waals surface area contributed by atoms with Gasteiger partial charge in [0.2, 0.25) is 0 Å². The lowest BCUT2D eigenvalue weighted by molar-refractivity contribution is 0.331. The summed E-state index contributed by atoms with van der Waals surface area (Å²) < 4.78 is 10.5. The van der Waals surface area contributed by atoms with E-state index in [1.807, 2.05) is 18.2 Å². The van der Waals surface area contributed by atoms with E-state index < -0.39 is 0 Å². The van der Waals surface area contributed by atoms with Crippen LogP contribution >= 0.6 is 12.2 Å². The second-order valence-corrected chi connectivity index (χ2v) is 5.62. The second kappa shape index (κ2) is 5.44. The summed E-state index contributed by atoms with van der Waals surface area (Å²) in [6.45, 7) is 6.71. The van der Waals surface area contributed by atoms with Crippen LogP contribution in [0.15, 0.2) is 33.4 Å². The van der Waals surface area contributed by atoms with E-state index in [9.17, 15) is 0 Å². The van der Waals surface area contributed by atoms with Gasteiger partial charge in [0.25, 0.3) is 0 Å². The fourth-order valence-corrected chi connectivity index (χ4v) is 1.61. The van der Waals surface area contributed by atoms with Gasteiger partial charge in [-0.05, 0) is 24.4 Å². The molecule has 0 aliphatic rings. The lowest BCUT2D eigenvalue weighted by Gasteiger charge is -2.12. The van der Waals surface area contributed by atoms with Crippen molar-refractivity contribution in [3.8, 4) is 0 Å². The predicted octanol–water partition coefficient (Wildman–Crippen LogP) is 3.05. The van der Waals surface area contributed by atoms with Crippen molar-refractivity contribution in [2.45, 2.75) is 32.7 Å². The normalized spacial score (nSPS) is 11.3. The maximum atomic E-state index is 5.26. The summed E-state index contributed by atoms with van der Waals surface area (Å²) in [7, 11) is 0. The minimum atomic E-state index is -0.0733. The Morgan fingerprint density at radius 3 is 2.79 bits per heavy atom. The first kappa shape index (κ1) is 13.6. The number of aromatic nitrogens is 1. The van der Waals surface area contributed by atoms with Gasteiger partial charge in [0.15, 0.2) is 10.9 Å². The molecule has 0 unspecified atom stereocenters. The van der Waals surface area contributed by atoms with Crippen LogP contribution in [0, 0.1) is 0 Å². The highest BCUT2D eigenvalue weighted by atomic mass is 32.1. The van der Waals surface area contributed by atoms with E-state index in [1.165, 1.54) is 0 Å². The first-order chi connectivity index (χ1) is 8.95. The molecule has 0 atom stereocenters. The fraction of sp³-hybridized carbons (Fsp3) is 0.385. The van der Waals surface area contributed by atoms with Gasteiger partial charge < -0.3 is 19.6 Å². The van der Waals surface area contributed by atoms with Gasteiger partial charge in [-0.15, -0.1) is 0 Å². The fourth-order valence-electron chi connectivity index (χ4n) is 1.43. The molecular formula is C13H17N3O2S. The van der Waals surface area contributed by atoms with Crippen molar-refractivity contribution in [2.75, 3.05) is 5.32 Å². The van der Waals surface area contributed by atoms with Crippen molar-refractivity contribution < 1.29 is 8.94 Å². The lowest BCUT2D eigenvalue weighted by Crippen LogP contribution is -2.27. The minimum Gasteiger partial charge on any atom is -0.467 e. The van der Waals surface area contributed by atoms with Gasteiger partial charge in [-0.1, -0.05) is 25.9 Å². The molecule has 0 spiro atoms. The molecule has 0 aliphatic carbocycles. The summed E-state index contributed by atoms with van der Waals surface area (Å²) in [5, 5.41) is 10.4. The second-order valence-electron chi connectivity index (χ2n) is 5.21. The Hall–Kier alpha value is -1.82. The van der Waals surface area contributed by atoms with E-state index in [0.29, 0.717) is 17.5 Å².